The number of thioether (sulfide) groups is 1. The molecule has 3 aromatic heterocycles. The van der Waals surface area contributed by atoms with E-state index in [-0.39, 0.29) is 46.5 Å². The van der Waals surface area contributed by atoms with Crippen molar-refractivity contribution in [3.63, 3.8) is 0 Å². The molecule has 0 atom stereocenters. The predicted octanol–water partition coefficient (Wildman–Crippen LogP) is 4.71. The number of allylic oxidation sites excluding steroid dienone is 1. The maximum Gasteiger partial charge on any atom is 0.348 e. The molecule has 0 saturated heterocycles. The second-order valence-corrected chi connectivity index (χ2v) is 10.8. The van der Waals surface area contributed by atoms with Crippen LogP contribution in [0.15, 0.2) is 22.6 Å². The van der Waals surface area contributed by atoms with Gasteiger partial charge in [0.25, 0.3) is 5.56 Å². The van der Waals surface area contributed by atoms with Gasteiger partial charge in [0.1, 0.15) is 14.7 Å². The molecule has 0 fully saturated rings. The van der Waals surface area contributed by atoms with Gasteiger partial charge < -0.3 is 14.8 Å². The summed E-state index contributed by atoms with van der Waals surface area (Å²) >= 11 is 3.50. The van der Waals surface area contributed by atoms with Crippen LogP contribution in [0.4, 0.5) is 5.00 Å². The third-order valence-electron chi connectivity index (χ3n) is 5.24. The first-order valence-electron chi connectivity index (χ1n) is 11.2. The first kappa shape index (κ1) is 27.6. The molecule has 192 valence electrons. The molecule has 9 nitrogen and oxygen atoms in total. The lowest BCUT2D eigenvalue weighted by Gasteiger charge is -2.11. The van der Waals surface area contributed by atoms with Crippen molar-refractivity contribution in [1.29, 1.82) is 0 Å². The van der Waals surface area contributed by atoms with E-state index in [2.05, 4.69) is 16.9 Å². The number of ether oxygens (including phenoxy) is 2. The van der Waals surface area contributed by atoms with E-state index in [9.17, 15) is 19.2 Å². The molecule has 0 unspecified atom stereocenters. The van der Waals surface area contributed by atoms with Gasteiger partial charge in [-0.25, -0.2) is 14.6 Å². The van der Waals surface area contributed by atoms with E-state index in [1.807, 2.05) is 13.8 Å². The average molecular weight is 550 g/mol. The highest BCUT2D eigenvalue weighted by atomic mass is 32.2. The molecular weight excluding hydrogens is 522 g/mol. The monoisotopic (exact) mass is 549 g/mol. The van der Waals surface area contributed by atoms with Crippen molar-refractivity contribution < 1.29 is 23.9 Å². The van der Waals surface area contributed by atoms with Gasteiger partial charge in [-0.05, 0) is 45.7 Å². The second-order valence-electron chi connectivity index (χ2n) is 7.60. The summed E-state index contributed by atoms with van der Waals surface area (Å²) in [5.41, 5.74) is 1.23. The number of nitrogens with zero attached hydrogens (tertiary/aromatic N) is 2. The minimum absolute atomic E-state index is 0.0770. The van der Waals surface area contributed by atoms with Gasteiger partial charge in [0, 0.05) is 11.4 Å². The number of rotatable bonds is 10. The fraction of sp³-hybridized carbons (Fsp3) is 0.375. The molecule has 0 aliphatic carbocycles. The van der Waals surface area contributed by atoms with Gasteiger partial charge in [0.05, 0.1) is 29.9 Å². The number of esters is 2. The summed E-state index contributed by atoms with van der Waals surface area (Å²) in [6, 6.07) is 0. The number of hydrogen-bond acceptors (Lipinski definition) is 10. The highest BCUT2D eigenvalue weighted by molar-refractivity contribution is 7.99. The Hall–Kier alpha value is -2.96. The van der Waals surface area contributed by atoms with E-state index >= 15 is 0 Å². The first-order valence-corrected chi connectivity index (χ1v) is 13.8. The fourth-order valence-electron chi connectivity index (χ4n) is 3.44. The average Bonchev–Trinajstić information content (AvgIpc) is 3.30. The number of aromatic nitrogens is 2. The summed E-state index contributed by atoms with van der Waals surface area (Å²) in [6.45, 7) is 13.1. The van der Waals surface area contributed by atoms with Gasteiger partial charge in [-0.1, -0.05) is 17.8 Å². The van der Waals surface area contributed by atoms with Crippen molar-refractivity contribution in [2.75, 3.05) is 24.3 Å². The van der Waals surface area contributed by atoms with Crippen LogP contribution in [-0.2, 0) is 20.8 Å². The Balaban J connectivity index is 1.89. The van der Waals surface area contributed by atoms with Gasteiger partial charge in [-0.2, -0.15) is 0 Å². The Kier molecular flexibility index (Phi) is 9.09. The topological polar surface area (TPSA) is 117 Å². The van der Waals surface area contributed by atoms with E-state index in [1.54, 1.807) is 26.8 Å². The molecule has 0 radical (unpaired) electrons. The largest absolute Gasteiger partial charge is 0.462 e. The van der Waals surface area contributed by atoms with Crippen molar-refractivity contribution in [2.45, 2.75) is 46.3 Å². The third-order valence-corrected chi connectivity index (χ3v) is 8.50. The summed E-state index contributed by atoms with van der Waals surface area (Å²) in [7, 11) is 0. The maximum atomic E-state index is 13.1. The van der Waals surface area contributed by atoms with Crippen LogP contribution in [0.3, 0.4) is 0 Å². The first-order chi connectivity index (χ1) is 17.1. The summed E-state index contributed by atoms with van der Waals surface area (Å²) in [6.07, 6.45) is 1.60. The van der Waals surface area contributed by atoms with Gasteiger partial charge in [-0.15, -0.1) is 29.3 Å². The zero-order valence-electron chi connectivity index (χ0n) is 20.7. The number of amides is 1. The fourth-order valence-corrected chi connectivity index (χ4v) is 6.43. The molecule has 1 amide bonds. The smallest absolute Gasteiger partial charge is 0.348 e. The molecule has 0 aromatic carbocycles. The summed E-state index contributed by atoms with van der Waals surface area (Å²) in [4.78, 5) is 57.4. The molecule has 3 heterocycles. The highest BCUT2D eigenvalue weighted by Crippen LogP contribution is 2.35. The number of hydrogen-bond donors (Lipinski definition) is 1. The van der Waals surface area contributed by atoms with Gasteiger partial charge in [0.15, 0.2) is 5.16 Å². The third kappa shape index (κ3) is 5.55. The van der Waals surface area contributed by atoms with Crippen LogP contribution >= 0.6 is 34.4 Å². The lowest BCUT2D eigenvalue weighted by molar-refractivity contribution is -0.113. The number of thiophene rings is 2. The molecule has 3 aromatic rings. The minimum atomic E-state index is -0.639. The Morgan fingerprint density at radius 3 is 2.39 bits per heavy atom. The number of carbonyl (C=O) groups is 3. The maximum absolute atomic E-state index is 13.1. The van der Waals surface area contributed by atoms with Gasteiger partial charge in [0.2, 0.25) is 5.91 Å². The molecule has 12 heteroatoms. The van der Waals surface area contributed by atoms with Crippen LogP contribution in [0.25, 0.3) is 10.2 Å². The normalized spacial score (nSPS) is 10.9. The van der Waals surface area contributed by atoms with Crippen LogP contribution in [-0.4, -0.2) is 46.4 Å². The summed E-state index contributed by atoms with van der Waals surface area (Å²) in [5.74, 6) is -1.72. The van der Waals surface area contributed by atoms with E-state index in [4.69, 9.17) is 9.47 Å². The standard InChI is InChI=1S/C24H27N3O6S3/c1-7-10-27-21(29)16-12(4)14(6)35-19(16)26-24(27)34-11-15(28)25-20-17(22(30)32-8-2)13(5)18(36-20)23(31)33-9-3/h7H,1,8-11H2,2-6H3,(H,25,28). The van der Waals surface area contributed by atoms with E-state index in [0.29, 0.717) is 20.9 Å². The van der Waals surface area contributed by atoms with E-state index in [1.165, 1.54) is 15.9 Å². The molecule has 0 bridgehead atoms. The van der Waals surface area contributed by atoms with Crippen molar-refractivity contribution in [3.05, 3.63) is 49.5 Å². The quantitative estimate of drug-likeness (QED) is 0.167. The van der Waals surface area contributed by atoms with Crippen molar-refractivity contribution in [3.8, 4) is 0 Å². The highest BCUT2D eigenvalue weighted by Gasteiger charge is 2.27. The molecule has 0 saturated carbocycles. The Labute approximate surface area is 220 Å². The minimum Gasteiger partial charge on any atom is -0.462 e. The zero-order valence-corrected chi connectivity index (χ0v) is 23.1. The molecule has 0 aliphatic heterocycles. The predicted molar refractivity (Wildman–Crippen MR) is 144 cm³/mol. The Bertz CT molecular complexity index is 1400. The van der Waals surface area contributed by atoms with Gasteiger partial charge >= 0.3 is 11.9 Å². The SMILES string of the molecule is C=CCn1c(SCC(=O)Nc2sc(C(=O)OCC)c(C)c2C(=O)OCC)nc2sc(C)c(C)c2c1=O. The second kappa shape index (κ2) is 11.8. The lowest BCUT2D eigenvalue weighted by atomic mass is 10.1. The Morgan fingerprint density at radius 2 is 1.75 bits per heavy atom. The number of anilines is 1. The summed E-state index contributed by atoms with van der Waals surface area (Å²) in [5, 5.41) is 3.89. The van der Waals surface area contributed by atoms with E-state index in [0.717, 1.165) is 33.5 Å². The van der Waals surface area contributed by atoms with Crippen molar-refractivity contribution >= 4 is 67.5 Å². The van der Waals surface area contributed by atoms with Crippen LogP contribution < -0.4 is 10.9 Å². The van der Waals surface area contributed by atoms with E-state index < -0.39 is 17.8 Å². The molecule has 36 heavy (non-hydrogen) atoms. The molecule has 0 spiro atoms. The van der Waals surface area contributed by atoms with Crippen LogP contribution in [0.2, 0.25) is 0 Å². The van der Waals surface area contributed by atoms with Crippen LogP contribution in [0, 0.1) is 20.8 Å². The zero-order chi connectivity index (χ0) is 26.6. The molecular formula is C24H27N3O6S3. The van der Waals surface area contributed by atoms with Crippen LogP contribution in [0.5, 0.6) is 0 Å². The molecule has 0 aliphatic rings. The molecule has 3 rings (SSSR count). The number of carbonyl (C=O) groups excluding carboxylic acids is 3. The number of aryl methyl sites for hydroxylation is 2. The van der Waals surface area contributed by atoms with Crippen molar-refractivity contribution in [1.82, 2.24) is 9.55 Å². The Morgan fingerprint density at radius 1 is 1.08 bits per heavy atom. The van der Waals surface area contributed by atoms with Crippen LogP contribution in [0.1, 0.15) is 49.9 Å². The number of nitrogens with one attached hydrogen (secondary N) is 1. The summed E-state index contributed by atoms with van der Waals surface area (Å²) < 4.78 is 11.7. The lowest BCUT2D eigenvalue weighted by Crippen LogP contribution is -2.23. The molecule has 1 N–H and O–H groups in total. The van der Waals surface area contributed by atoms with Crippen molar-refractivity contribution in [2.24, 2.45) is 0 Å². The number of fused-ring (bicyclic) bond motifs is 1. The van der Waals surface area contributed by atoms with Gasteiger partial charge in [-0.3, -0.25) is 14.2 Å².